The quantitative estimate of drug-likeness (QED) is 0.229. The molecule has 3 aromatic rings. The summed E-state index contributed by atoms with van der Waals surface area (Å²) in [5, 5.41) is 3.27. The zero-order chi connectivity index (χ0) is 23.8. The van der Waals surface area contributed by atoms with E-state index in [4.69, 9.17) is 33.9 Å². The number of hydrogen-bond donors (Lipinski definition) is 2. The molecule has 0 aliphatic carbocycles. The van der Waals surface area contributed by atoms with Crippen LogP contribution in [0.25, 0.3) is 17.1 Å². The Labute approximate surface area is 203 Å². The van der Waals surface area contributed by atoms with Gasteiger partial charge >= 0.3 is 0 Å². The van der Waals surface area contributed by atoms with Crippen molar-refractivity contribution in [3.8, 4) is 0 Å². The Morgan fingerprint density at radius 2 is 1.97 bits per heavy atom. The summed E-state index contributed by atoms with van der Waals surface area (Å²) in [6.45, 7) is 2.49. The van der Waals surface area contributed by atoms with Crippen LogP contribution < -0.4 is 16.0 Å². The predicted molar refractivity (Wildman–Crippen MR) is 134 cm³/mol. The van der Waals surface area contributed by atoms with Crippen LogP contribution >= 0.6 is 23.2 Å². The molecule has 0 saturated carbocycles. The van der Waals surface area contributed by atoms with E-state index in [1.807, 2.05) is 7.05 Å². The lowest BCUT2D eigenvalue weighted by atomic mass is 10.1. The van der Waals surface area contributed by atoms with Crippen LogP contribution in [0.4, 0.5) is 10.1 Å². The molecule has 0 aliphatic rings. The van der Waals surface area contributed by atoms with Crippen LogP contribution in [0.5, 0.6) is 0 Å². The summed E-state index contributed by atoms with van der Waals surface area (Å²) in [4.78, 5) is 17.8. The van der Waals surface area contributed by atoms with Gasteiger partial charge in [0.15, 0.2) is 0 Å². The highest BCUT2D eigenvalue weighted by atomic mass is 35.5. The fourth-order valence-corrected chi connectivity index (χ4v) is 4.05. The number of nitrogens with zero attached hydrogens (tertiary/aromatic N) is 3. The summed E-state index contributed by atoms with van der Waals surface area (Å²) in [5.41, 5.74) is 9.24. The van der Waals surface area contributed by atoms with E-state index in [2.05, 4.69) is 33.0 Å². The lowest BCUT2D eigenvalue weighted by Gasteiger charge is -2.22. The summed E-state index contributed by atoms with van der Waals surface area (Å²) in [5.74, 6) is 1.11. The van der Waals surface area contributed by atoms with Gasteiger partial charge in [0.2, 0.25) is 5.91 Å². The van der Waals surface area contributed by atoms with Crippen LogP contribution in [0.15, 0.2) is 42.5 Å². The first-order chi connectivity index (χ1) is 15.9. The van der Waals surface area contributed by atoms with Crippen LogP contribution in [0.1, 0.15) is 17.0 Å². The molecule has 0 radical (unpaired) electrons. The number of primary amides is 1. The van der Waals surface area contributed by atoms with Gasteiger partial charge in [0, 0.05) is 68.7 Å². The van der Waals surface area contributed by atoms with Gasteiger partial charge in [-0.3, -0.25) is 4.79 Å². The molecule has 33 heavy (non-hydrogen) atoms. The number of rotatable bonds is 12. The second-order valence-corrected chi connectivity index (χ2v) is 8.39. The fraction of sp³-hybridized carbons (Fsp3) is 0.333. The number of carbonyl (C=O) groups excluding carboxylic acids is 1. The Kier molecular flexibility index (Phi) is 9.11. The van der Waals surface area contributed by atoms with Crippen molar-refractivity contribution >= 4 is 51.9 Å². The first-order valence-corrected chi connectivity index (χ1v) is 11.8. The number of halogens is 3. The molecule has 1 amide bonds. The van der Waals surface area contributed by atoms with Crippen LogP contribution in [-0.2, 0) is 24.8 Å². The molecule has 176 valence electrons. The topological polar surface area (TPSA) is 76.2 Å². The van der Waals surface area contributed by atoms with E-state index in [9.17, 15) is 9.18 Å². The lowest BCUT2D eigenvalue weighted by molar-refractivity contribution is -0.113. The minimum Gasteiger partial charge on any atom is -0.369 e. The number of anilines is 1. The number of benzene rings is 2. The van der Waals surface area contributed by atoms with Gasteiger partial charge in [-0.15, -0.1) is 23.2 Å². The number of hydrogen-bond acceptors (Lipinski definition) is 4. The second kappa shape index (κ2) is 12.0. The highest BCUT2D eigenvalue weighted by Gasteiger charge is 2.12. The van der Waals surface area contributed by atoms with E-state index < -0.39 is 5.91 Å². The maximum atomic E-state index is 14.3. The predicted octanol–water partition coefficient (Wildman–Crippen LogP) is 3.83. The van der Waals surface area contributed by atoms with Crippen LogP contribution in [0.3, 0.4) is 0 Å². The Morgan fingerprint density at radius 3 is 2.64 bits per heavy atom. The molecule has 2 aromatic carbocycles. The van der Waals surface area contributed by atoms with Gasteiger partial charge in [0.25, 0.3) is 0 Å². The van der Waals surface area contributed by atoms with Gasteiger partial charge in [-0.1, -0.05) is 12.1 Å². The summed E-state index contributed by atoms with van der Waals surface area (Å²) >= 11 is 11.9. The summed E-state index contributed by atoms with van der Waals surface area (Å²) in [6, 6.07) is 11.0. The average molecular weight is 492 g/mol. The van der Waals surface area contributed by atoms with Crippen molar-refractivity contribution in [1.29, 1.82) is 0 Å². The van der Waals surface area contributed by atoms with Gasteiger partial charge in [-0.2, -0.15) is 0 Å². The highest BCUT2D eigenvalue weighted by molar-refractivity contribution is 6.18. The molecule has 3 N–H and O–H groups in total. The molecule has 0 bridgehead atoms. The van der Waals surface area contributed by atoms with E-state index in [0.717, 1.165) is 35.6 Å². The van der Waals surface area contributed by atoms with Gasteiger partial charge in [-0.25, -0.2) is 9.37 Å². The van der Waals surface area contributed by atoms with Crippen LogP contribution in [0.2, 0.25) is 0 Å². The Hall–Kier alpha value is -2.61. The molecule has 1 aromatic heterocycles. The average Bonchev–Trinajstić information content (AvgIpc) is 3.11. The first-order valence-electron chi connectivity index (χ1n) is 10.7. The monoisotopic (exact) mass is 491 g/mol. The standard InChI is InChI=1S/C24H28Cl2FN5O/c1-31-22-6-5-19(32(12-9-25)13-10-26)15-21(22)30-24(31)8-11-29-16-18-4-2-17(14-20(18)27)3-7-23(28)33/h2-7,14-15,29H,8-13,16H2,1H3,(H2,28,33). The van der Waals surface area contributed by atoms with Crippen molar-refractivity contribution in [2.75, 3.05) is 36.3 Å². The number of imidazole rings is 1. The van der Waals surface area contributed by atoms with E-state index in [1.54, 1.807) is 12.1 Å². The van der Waals surface area contributed by atoms with E-state index in [1.165, 1.54) is 18.2 Å². The number of aryl methyl sites for hydroxylation is 1. The minimum atomic E-state index is -0.567. The van der Waals surface area contributed by atoms with Crippen molar-refractivity contribution in [3.05, 3.63) is 65.2 Å². The molecule has 3 rings (SSSR count). The molecular weight excluding hydrogens is 464 g/mol. The lowest BCUT2D eigenvalue weighted by Crippen LogP contribution is -2.27. The second-order valence-electron chi connectivity index (χ2n) is 7.64. The molecule has 0 saturated heterocycles. The largest absolute Gasteiger partial charge is 0.369 e. The van der Waals surface area contributed by atoms with E-state index in [-0.39, 0.29) is 5.82 Å². The Balaban J connectivity index is 1.61. The van der Waals surface area contributed by atoms with Gasteiger partial charge in [0.1, 0.15) is 11.6 Å². The molecule has 6 nitrogen and oxygen atoms in total. The summed E-state index contributed by atoms with van der Waals surface area (Å²) in [7, 11) is 2.00. The number of nitrogens with two attached hydrogens (primary N) is 1. The minimum absolute atomic E-state index is 0.331. The maximum absolute atomic E-state index is 14.3. The first kappa shape index (κ1) is 25.0. The van der Waals surface area contributed by atoms with Crippen LogP contribution in [-0.4, -0.2) is 46.9 Å². The van der Waals surface area contributed by atoms with Gasteiger partial charge in [-0.05, 0) is 35.9 Å². The molecule has 0 fully saturated rings. The van der Waals surface area contributed by atoms with Gasteiger partial charge in [0.05, 0.1) is 11.0 Å². The number of amides is 1. The van der Waals surface area contributed by atoms with Crippen molar-refractivity contribution in [2.24, 2.45) is 12.8 Å². The normalized spacial score (nSPS) is 11.5. The molecule has 0 unspecified atom stereocenters. The van der Waals surface area contributed by atoms with Crippen molar-refractivity contribution in [3.63, 3.8) is 0 Å². The number of alkyl halides is 2. The number of aromatic nitrogens is 2. The third kappa shape index (κ3) is 6.69. The molecular formula is C24H28Cl2FN5O. The molecule has 1 heterocycles. The van der Waals surface area contributed by atoms with E-state index >= 15 is 0 Å². The number of nitrogens with one attached hydrogen (secondary N) is 1. The zero-order valence-electron chi connectivity index (χ0n) is 18.5. The number of fused-ring (bicyclic) bond motifs is 1. The van der Waals surface area contributed by atoms with Crippen LogP contribution in [0, 0.1) is 5.82 Å². The fourth-order valence-electron chi connectivity index (χ4n) is 3.64. The highest BCUT2D eigenvalue weighted by Crippen LogP contribution is 2.23. The van der Waals surface area contributed by atoms with Crippen molar-refractivity contribution < 1.29 is 9.18 Å². The third-order valence-corrected chi connectivity index (χ3v) is 5.73. The van der Waals surface area contributed by atoms with Crippen molar-refractivity contribution in [1.82, 2.24) is 14.9 Å². The van der Waals surface area contributed by atoms with Crippen molar-refractivity contribution in [2.45, 2.75) is 13.0 Å². The Morgan fingerprint density at radius 1 is 1.21 bits per heavy atom. The molecule has 0 spiro atoms. The SMILES string of the molecule is Cn1c(CCNCc2ccc(C=CC(N)=O)cc2F)nc2cc(N(CCCl)CCCl)ccc21. The molecule has 9 heteroatoms. The summed E-state index contributed by atoms with van der Waals surface area (Å²) < 4.78 is 16.4. The number of carbonyl (C=O) groups is 1. The summed E-state index contributed by atoms with van der Waals surface area (Å²) in [6.07, 6.45) is 3.40. The van der Waals surface area contributed by atoms with Gasteiger partial charge < -0.3 is 20.5 Å². The molecule has 0 atom stereocenters. The van der Waals surface area contributed by atoms with E-state index in [0.29, 0.717) is 42.4 Å². The zero-order valence-corrected chi connectivity index (χ0v) is 20.0. The third-order valence-electron chi connectivity index (χ3n) is 5.39. The molecule has 0 aliphatic heterocycles. The smallest absolute Gasteiger partial charge is 0.241 e. The Bertz CT molecular complexity index is 1130. The maximum Gasteiger partial charge on any atom is 0.241 e.